The molecule has 0 saturated carbocycles. The first-order valence-electron chi connectivity index (χ1n) is 7.59. The summed E-state index contributed by atoms with van der Waals surface area (Å²) in [4.78, 5) is 12.4. The molecule has 23 heavy (non-hydrogen) atoms. The first-order valence-corrected chi connectivity index (χ1v) is 7.59. The van der Waals surface area contributed by atoms with Gasteiger partial charge >= 0.3 is 0 Å². The Hall–Kier alpha value is -2.70. The van der Waals surface area contributed by atoms with Crippen LogP contribution in [0.25, 0.3) is 0 Å². The normalized spacial score (nSPS) is 15.0. The number of fused-ring (bicyclic) bond motifs is 2. The number of nitrogens with one attached hydrogen (secondary N) is 1. The van der Waals surface area contributed by atoms with Crippen molar-refractivity contribution >= 4 is 5.91 Å². The number of nitrogens with zero attached hydrogens (tertiary/aromatic N) is 2. The van der Waals surface area contributed by atoms with E-state index in [1.54, 1.807) is 4.68 Å². The average Bonchev–Trinajstić information content (AvgIpc) is 3.17. The largest absolute Gasteiger partial charge is 0.478 e. The third kappa shape index (κ3) is 2.48. The van der Waals surface area contributed by atoms with Crippen molar-refractivity contribution in [3.63, 3.8) is 0 Å². The number of aromatic nitrogens is 2. The number of rotatable bonds is 3. The molecule has 2 aliphatic rings. The van der Waals surface area contributed by atoms with Gasteiger partial charge in [-0.1, -0.05) is 6.07 Å². The van der Waals surface area contributed by atoms with E-state index >= 15 is 0 Å². The maximum absolute atomic E-state index is 12.4. The van der Waals surface area contributed by atoms with Crippen molar-refractivity contribution in [2.24, 2.45) is 0 Å². The van der Waals surface area contributed by atoms with Crippen LogP contribution in [0.5, 0.6) is 17.4 Å². The predicted molar refractivity (Wildman–Crippen MR) is 80.8 cm³/mol. The van der Waals surface area contributed by atoms with Crippen molar-refractivity contribution in [2.45, 2.75) is 26.4 Å². The molecule has 0 atom stereocenters. The second-order valence-electron chi connectivity index (χ2n) is 5.57. The Morgan fingerprint density at radius 1 is 1.30 bits per heavy atom. The van der Waals surface area contributed by atoms with Gasteiger partial charge in [-0.3, -0.25) is 4.79 Å². The molecule has 2 aromatic rings. The van der Waals surface area contributed by atoms with Crippen LogP contribution in [0.15, 0.2) is 18.2 Å². The number of hydrogen-bond donors (Lipinski definition) is 1. The number of aryl methyl sites for hydroxylation is 1. The summed E-state index contributed by atoms with van der Waals surface area (Å²) in [7, 11) is 0. The Morgan fingerprint density at radius 2 is 2.17 bits per heavy atom. The van der Waals surface area contributed by atoms with Gasteiger partial charge in [0.05, 0.1) is 6.61 Å². The molecule has 7 heteroatoms. The molecule has 4 rings (SSSR count). The molecule has 0 saturated heterocycles. The van der Waals surface area contributed by atoms with Crippen molar-refractivity contribution in [1.29, 1.82) is 0 Å². The van der Waals surface area contributed by atoms with Gasteiger partial charge in [0.2, 0.25) is 12.7 Å². The number of ether oxygens (including phenoxy) is 3. The highest BCUT2D eigenvalue weighted by Crippen LogP contribution is 2.32. The number of benzene rings is 1. The van der Waals surface area contributed by atoms with E-state index in [-0.39, 0.29) is 12.7 Å². The third-order valence-corrected chi connectivity index (χ3v) is 3.99. The van der Waals surface area contributed by atoms with E-state index < -0.39 is 0 Å². The highest BCUT2D eigenvalue weighted by atomic mass is 16.7. The molecule has 0 bridgehead atoms. The van der Waals surface area contributed by atoms with Crippen LogP contribution in [0.2, 0.25) is 0 Å². The van der Waals surface area contributed by atoms with Crippen molar-refractivity contribution in [3.05, 3.63) is 35.0 Å². The van der Waals surface area contributed by atoms with Crippen LogP contribution in [0, 0.1) is 6.92 Å². The number of carbonyl (C=O) groups excluding carboxylic acids is 1. The maximum Gasteiger partial charge on any atom is 0.272 e. The van der Waals surface area contributed by atoms with Gasteiger partial charge in [0.25, 0.3) is 5.91 Å². The molecular weight excluding hydrogens is 298 g/mol. The number of carbonyl (C=O) groups is 1. The second kappa shape index (κ2) is 5.49. The quantitative estimate of drug-likeness (QED) is 0.932. The van der Waals surface area contributed by atoms with Crippen LogP contribution >= 0.6 is 0 Å². The minimum Gasteiger partial charge on any atom is -0.478 e. The summed E-state index contributed by atoms with van der Waals surface area (Å²) in [6.07, 6.45) is 0.909. The molecule has 120 valence electrons. The molecule has 2 aliphatic heterocycles. The molecule has 3 heterocycles. The Morgan fingerprint density at radius 3 is 3.04 bits per heavy atom. The lowest BCUT2D eigenvalue weighted by atomic mass is 10.2. The van der Waals surface area contributed by atoms with Crippen LogP contribution < -0.4 is 19.5 Å². The monoisotopic (exact) mass is 315 g/mol. The Kier molecular flexibility index (Phi) is 3.33. The van der Waals surface area contributed by atoms with Crippen LogP contribution in [0.3, 0.4) is 0 Å². The SMILES string of the molecule is Cc1c(C(=O)NCc2ccc3c(c2)OCO3)nn2c1OCCC2. The summed E-state index contributed by atoms with van der Waals surface area (Å²) in [6, 6.07) is 5.62. The lowest BCUT2D eigenvalue weighted by Crippen LogP contribution is -2.24. The van der Waals surface area contributed by atoms with E-state index in [0.29, 0.717) is 30.5 Å². The van der Waals surface area contributed by atoms with Crippen molar-refractivity contribution in [1.82, 2.24) is 15.1 Å². The standard InChI is InChI=1S/C16H17N3O4/c1-10-14(18-19-5-2-6-21-16(10)19)15(20)17-8-11-3-4-12-13(7-11)23-9-22-12/h3-4,7H,2,5-6,8-9H2,1H3,(H,17,20). The van der Waals surface area contributed by atoms with E-state index in [0.717, 1.165) is 29.8 Å². The van der Waals surface area contributed by atoms with E-state index in [1.165, 1.54) is 0 Å². The van der Waals surface area contributed by atoms with E-state index in [2.05, 4.69) is 10.4 Å². The summed E-state index contributed by atoms with van der Waals surface area (Å²) in [5, 5.41) is 7.24. The molecular formula is C16H17N3O4. The molecule has 0 aliphatic carbocycles. The fourth-order valence-electron chi connectivity index (χ4n) is 2.79. The zero-order chi connectivity index (χ0) is 15.8. The van der Waals surface area contributed by atoms with Crippen LogP contribution in [-0.4, -0.2) is 29.1 Å². The molecule has 0 unspecified atom stereocenters. The van der Waals surface area contributed by atoms with Gasteiger partial charge in [-0.25, -0.2) is 4.68 Å². The summed E-state index contributed by atoms with van der Waals surface area (Å²) in [6.45, 7) is 3.96. The fourth-order valence-corrected chi connectivity index (χ4v) is 2.79. The zero-order valence-corrected chi connectivity index (χ0v) is 12.8. The minimum atomic E-state index is -0.203. The lowest BCUT2D eigenvalue weighted by molar-refractivity contribution is 0.0944. The molecule has 1 aromatic carbocycles. The number of hydrogen-bond acceptors (Lipinski definition) is 5. The van der Waals surface area contributed by atoms with Gasteiger partial charge in [0, 0.05) is 25.1 Å². The van der Waals surface area contributed by atoms with Gasteiger partial charge in [-0.05, 0) is 24.6 Å². The molecule has 0 radical (unpaired) electrons. The van der Waals surface area contributed by atoms with Gasteiger partial charge in [0.1, 0.15) is 0 Å². The summed E-state index contributed by atoms with van der Waals surface area (Å²) in [5.74, 6) is 1.93. The van der Waals surface area contributed by atoms with Crippen molar-refractivity contribution in [2.75, 3.05) is 13.4 Å². The zero-order valence-electron chi connectivity index (χ0n) is 12.8. The van der Waals surface area contributed by atoms with E-state index in [1.807, 2.05) is 25.1 Å². The topological polar surface area (TPSA) is 74.6 Å². The second-order valence-corrected chi connectivity index (χ2v) is 5.57. The Labute approximate surface area is 133 Å². The van der Waals surface area contributed by atoms with Gasteiger partial charge in [0.15, 0.2) is 17.2 Å². The first kappa shape index (κ1) is 13.9. The third-order valence-electron chi connectivity index (χ3n) is 3.99. The van der Waals surface area contributed by atoms with Crippen LogP contribution in [-0.2, 0) is 13.1 Å². The lowest BCUT2D eigenvalue weighted by Gasteiger charge is -2.14. The molecule has 0 fully saturated rings. The van der Waals surface area contributed by atoms with E-state index in [4.69, 9.17) is 14.2 Å². The van der Waals surface area contributed by atoms with Gasteiger partial charge < -0.3 is 19.5 Å². The summed E-state index contributed by atoms with van der Waals surface area (Å²) in [5.41, 5.74) is 2.15. The first-order chi connectivity index (χ1) is 11.2. The minimum absolute atomic E-state index is 0.203. The fraction of sp³-hybridized carbons (Fsp3) is 0.375. The predicted octanol–water partition coefficient (Wildman–Crippen LogP) is 1.63. The number of amides is 1. The van der Waals surface area contributed by atoms with Crippen molar-refractivity contribution < 1.29 is 19.0 Å². The molecule has 7 nitrogen and oxygen atoms in total. The van der Waals surface area contributed by atoms with Crippen LogP contribution in [0.1, 0.15) is 28.0 Å². The van der Waals surface area contributed by atoms with Gasteiger partial charge in [-0.15, -0.1) is 0 Å². The molecule has 0 spiro atoms. The Bertz CT molecular complexity index is 769. The molecule has 1 aromatic heterocycles. The smallest absolute Gasteiger partial charge is 0.272 e. The summed E-state index contributed by atoms with van der Waals surface area (Å²) >= 11 is 0. The highest BCUT2D eigenvalue weighted by molar-refractivity contribution is 5.94. The maximum atomic E-state index is 12.4. The highest BCUT2D eigenvalue weighted by Gasteiger charge is 2.23. The van der Waals surface area contributed by atoms with Gasteiger partial charge in [-0.2, -0.15) is 5.10 Å². The van der Waals surface area contributed by atoms with Crippen molar-refractivity contribution in [3.8, 4) is 17.4 Å². The Balaban J connectivity index is 1.47. The summed E-state index contributed by atoms with van der Waals surface area (Å²) < 4.78 is 18.0. The molecule has 1 N–H and O–H groups in total. The van der Waals surface area contributed by atoms with Crippen LogP contribution in [0.4, 0.5) is 0 Å². The van der Waals surface area contributed by atoms with E-state index in [9.17, 15) is 4.79 Å². The average molecular weight is 315 g/mol. The molecule has 1 amide bonds.